The normalized spacial score (nSPS) is 19.6. The number of carbonyl (C=O) groups is 1. The van der Waals surface area contributed by atoms with Crippen molar-refractivity contribution >= 4 is 5.91 Å². The molecule has 0 bridgehead atoms. The van der Waals surface area contributed by atoms with E-state index < -0.39 is 0 Å². The number of rotatable bonds is 9. The Morgan fingerprint density at radius 2 is 2.20 bits per heavy atom. The van der Waals surface area contributed by atoms with E-state index in [2.05, 4.69) is 24.1 Å². The highest BCUT2D eigenvalue weighted by atomic mass is 16.5. The van der Waals surface area contributed by atoms with Crippen LogP contribution in [0, 0.1) is 5.41 Å². The SMILES string of the molecule is CN(C)CC(C)(C)CNC(=O)CCOCC1CCCO1. The zero-order chi connectivity index (χ0) is 15.0. The molecule has 0 spiro atoms. The summed E-state index contributed by atoms with van der Waals surface area (Å²) in [4.78, 5) is 13.9. The Balaban J connectivity index is 2.04. The summed E-state index contributed by atoms with van der Waals surface area (Å²) in [7, 11) is 4.09. The van der Waals surface area contributed by atoms with Crippen molar-refractivity contribution in [3.8, 4) is 0 Å². The van der Waals surface area contributed by atoms with Crippen LogP contribution in [0.3, 0.4) is 0 Å². The highest BCUT2D eigenvalue weighted by Crippen LogP contribution is 2.14. The average molecular weight is 286 g/mol. The van der Waals surface area contributed by atoms with Crippen LogP contribution in [-0.4, -0.2) is 63.9 Å². The molecule has 1 aliphatic heterocycles. The third-order valence-corrected chi connectivity index (χ3v) is 3.31. The fourth-order valence-corrected chi connectivity index (χ4v) is 2.49. The van der Waals surface area contributed by atoms with Crippen LogP contribution in [0.5, 0.6) is 0 Å². The summed E-state index contributed by atoms with van der Waals surface area (Å²) in [5.41, 5.74) is 0.0811. The minimum Gasteiger partial charge on any atom is -0.378 e. The highest BCUT2D eigenvalue weighted by Gasteiger charge is 2.20. The average Bonchev–Trinajstić information content (AvgIpc) is 2.84. The molecule has 1 N–H and O–H groups in total. The molecule has 1 fully saturated rings. The van der Waals surface area contributed by atoms with Crippen LogP contribution in [0.15, 0.2) is 0 Å². The van der Waals surface area contributed by atoms with E-state index in [0.717, 1.165) is 26.0 Å². The molecule has 5 heteroatoms. The Bertz CT molecular complexity index is 287. The third kappa shape index (κ3) is 7.82. The number of ether oxygens (including phenoxy) is 2. The van der Waals surface area contributed by atoms with Gasteiger partial charge in [0.25, 0.3) is 0 Å². The first-order valence-corrected chi connectivity index (χ1v) is 7.50. The zero-order valence-electron chi connectivity index (χ0n) is 13.4. The molecule has 1 aliphatic rings. The van der Waals surface area contributed by atoms with Gasteiger partial charge in [-0.25, -0.2) is 0 Å². The van der Waals surface area contributed by atoms with Gasteiger partial charge in [0.15, 0.2) is 0 Å². The number of nitrogens with one attached hydrogen (secondary N) is 1. The van der Waals surface area contributed by atoms with Gasteiger partial charge in [-0.3, -0.25) is 4.79 Å². The van der Waals surface area contributed by atoms with Crippen LogP contribution in [0.4, 0.5) is 0 Å². The van der Waals surface area contributed by atoms with E-state index in [-0.39, 0.29) is 17.4 Å². The molecule has 118 valence electrons. The predicted octanol–water partition coefficient (Wildman–Crippen LogP) is 1.28. The highest BCUT2D eigenvalue weighted by molar-refractivity contribution is 5.75. The van der Waals surface area contributed by atoms with Crippen LogP contribution in [0.2, 0.25) is 0 Å². The number of carbonyl (C=O) groups excluding carboxylic acids is 1. The lowest BCUT2D eigenvalue weighted by molar-refractivity contribution is -0.123. The van der Waals surface area contributed by atoms with E-state index in [9.17, 15) is 4.79 Å². The lowest BCUT2D eigenvalue weighted by atomic mass is 9.93. The van der Waals surface area contributed by atoms with Crippen LogP contribution < -0.4 is 5.32 Å². The summed E-state index contributed by atoms with van der Waals surface area (Å²) in [6.45, 7) is 7.87. The van der Waals surface area contributed by atoms with E-state index in [1.54, 1.807) is 0 Å². The molecule has 1 rings (SSSR count). The summed E-state index contributed by atoms with van der Waals surface area (Å²) in [6.07, 6.45) is 2.85. The van der Waals surface area contributed by atoms with Crippen LogP contribution in [0.25, 0.3) is 0 Å². The van der Waals surface area contributed by atoms with Gasteiger partial charge in [-0.15, -0.1) is 0 Å². The van der Waals surface area contributed by atoms with Crippen LogP contribution in [-0.2, 0) is 14.3 Å². The number of hydrogen-bond donors (Lipinski definition) is 1. The number of nitrogens with zero attached hydrogens (tertiary/aromatic N) is 1. The van der Waals surface area contributed by atoms with Gasteiger partial charge in [0.2, 0.25) is 5.91 Å². The Kier molecular flexibility index (Phi) is 7.48. The van der Waals surface area contributed by atoms with Gasteiger partial charge in [0.1, 0.15) is 0 Å². The van der Waals surface area contributed by atoms with Gasteiger partial charge >= 0.3 is 0 Å². The van der Waals surface area contributed by atoms with E-state index in [1.165, 1.54) is 0 Å². The van der Waals surface area contributed by atoms with Crippen LogP contribution in [0.1, 0.15) is 33.1 Å². The van der Waals surface area contributed by atoms with Gasteiger partial charge < -0.3 is 19.7 Å². The first-order chi connectivity index (χ1) is 9.39. The van der Waals surface area contributed by atoms with E-state index in [1.807, 2.05) is 14.1 Å². The maximum Gasteiger partial charge on any atom is 0.222 e. The molecule has 5 nitrogen and oxygen atoms in total. The van der Waals surface area contributed by atoms with Crippen molar-refractivity contribution in [3.05, 3.63) is 0 Å². The standard InChI is InChI=1S/C15H30N2O3/c1-15(2,12-17(3)4)11-16-14(18)7-9-19-10-13-6-5-8-20-13/h13H,5-12H2,1-4H3,(H,16,18). The second-order valence-electron chi connectivity index (χ2n) is 6.64. The zero-order valence-corrected chi connectivity index (χ0v) is 13.4. The van der Waals surface area contributed by atoms with Gasteiger partial charge in [-0.2, -0.15) is 0 Å². The van der Waals surface area contributed by atoms with E-state index in [0.29, 0.717) is 26.2 Å². The fourth-order valence-electron chi connectivity index (χ4n) is 2.49. The Morgan fingerprint density at radius 3 is 2.80 bits per heavy atom. The first kappa shape index (κ1) is 17.4. The molecular weight excluding hydrogens is 256 g/mol. The molecule has 0 radical (unpaired) electrons. The molecule has 1 atom stereocenters. The van der Waals surface area contributed by atoms with E-state index in [4.69, 9.17) is 9.47 Å². The van der Waals surface area contributed by atoms with Gasteiger partial charge in [-0.05, 0) is 32.4 Å². The molecule has 1 amide bonds. The van der Waals surface area contributed by atoms with Crippen molar-refractivity contribution < 1.29 is 14.3 Å². The molecule has 0 saturated carbocycles. The van der Waals surface area contributed by atoms with E-state index >= 15 is 0 Å². The predicted molar refractivity (Wildman–Crippen MR) is 79.8 cm³/mol. The summed E-state index contributed by atoms with van der Waals surface area (Å²) in [5, 5.41) is 2.98. The second-order valence-corrected chi connectivity index (χ2v) is 6.64. The molecule has 20 heavy (non-hydrogen) atoms. The Hall–Kier alpha value is -0.650. The van der Waals surface area contributed by atoms with Gasteiger partial charge in [0.05, 0.1) is 19.3 Å². The minimum absolute atomic E-state index is 0.0594. The maximum atomic E-state index is 11.7. The van der Waals surface area contributed by atoms with Crippen molar-refractivity contribution in [2.45, 2.75) is 39.2 Å². The molecule has 0 aromatic heterocycles. The molecule has 0 aromatic rings. The fraction of sp³-hybridized carbons (Fsp3) is 0.933. The monoisotopic (exact) mass is 286 g/mol. The molecule has 0 aliphatic carbocycles. The first-order valence-electron chi connectivity index (χ1n) is 7.50. The third-order valence-electron chi connectivity index (χ3n) is 3.31. The maximum absolute atomic E-state index is 11.7. The molecule has 1 saturated heterocycles. The molecule has 1 heterocycles. The van der Waals surface area contributed by atoms with Crippen molar-refractivity contribution in [2.75, 3.05) is 47.0 Å². The summed E-state index contributed by atoms with van der Waals surface area (Å²) in [5.74, 6) is 0.0594. The van der Waals surface area contributed by atoms with Gasteiger partial charge in [-0.1, -0.05) is 13.8 Å². The number of hydrogen-bond acceptors (Lipinski definition) is 4. The van der Waals surface area contributed by atoms with Crippen molar-refractivity contribution in [2.24, 2.45) is 5.41 Å². The lowest BCUT2D eigenvalue weighted by Crippen LogP contribution is -2.40. The van der Waals surface area contributed by atoms with Crippen molar-refractivity contribution in [1.82, 2.24) is 10.2 Å². The summed E-state index contributed by atoms with van der Waals surface area (Å²) >= 11 is 0. The summed E-state index contributed by atoms with van der Waals surface area (Å²) < 4.78 is 10.9. The minimum atomic E-state index is 0.0594. The molecular formula is C15H30N2O3. The molecule has 0 aromatic carbocycles. The quantitative estimate of drug-likeness (QED) is 0.649. The van der Waals surface area contributed by atoms with Gasteiger partial charge in [0, 0.05) is 26.1 Å². The van der Waals surface area contributed by atoms with Crippen molar-refractivity contribution in [1.29, 1.82) is 0 Å². The van der Waals surface area contributed by atoms with Crippen molar-refractivity contribution in [3.63, 3.8) is 0 Å². The summed E-state index contributed by atoms with van der Waals surface area (Å²) in [6, 6.07) is 0. The number of amides is 1. The smallest absolute Gasteiger partial charge is 0.222 e. The lowest BCUT2D eigenvalue weighted by Gasteiger charge is -2.28. The Labute approximate surface area is 123 Å². The Morgan fingerprint density at radius 1 is 1.45 bits per heavy atom. The largest absolute Gasteiger partial charge is 0.378 e. The second kappa shape index (κ2) is 8.60. The van der Waals surface area contributed by atoms with Crippen LogP contribution >= 0.6 is 0 Å². The molecule has 1 unspecified atom stereocenters. The topological polar surface area (TPSA) is 50.8 Å².